The molecule has 1 saturated carbocycles. The van der Waals surface area contributed by atoms with E-state index in [1.54, 1.807) is 17.0 Å². The van der Waals surface area contributed by atoms with Crippen molar-refractivity contribution < 1.29 is 18.0 Å². The first kappa shape index (κ1) is 18.9. The molecule has 26 heavy (non-hydrogen) atoms. The molecule has 7 heteroatoms. The highest BCUT2D eigenvalue weighted by Crippen LogP contribution is 2.23. The van der Waals surface area contributed by atoms with Crippen LogP contribution >= 0.6 is 0 Å². The quantitative estimate of drug-likeness (QED) is 0.870. The van der Waals surface area contributed by atoms with E-state index in [1.807, 2.05) is 0 Å². The van der Waals surface area contributed by atoms with Gasteiger partial charge in [-0.05, 0) is 43.9 Å². The van der Waals surface area contributed by atoms with Crippen molar-refractivity contribution in [2.75, 3.05) is 12.8 Å². The summed E-state index contributed by atoms with van der Waals surface area (Å²) in [5.41, 5.74) is 0.310. The molecule has 2 amide bonds. The number of nitrogens with zero attached hydrogens (tertiary/aromatic N) is 1. The second kappa shape index (κ2) is 7.78. The number of carbonyl (C=O) groups excluding carboxylic acids is 2. The smallest absolute Gasteiger partial charge is 0.254 e. The lowest BCUT2D eigenvalue weighted by molar-refractivity contribution is -0.125. The SMILES string of the molecule is CS(=O)(=O)c1cccc(C(=O)N2CCC[C@H]2C(=O)NC2CCCCC2)c1. The van der Waals surface area contributed by atoms with Crippen LogP contribution in [0.1, 0.15) is 55.3 Å². The zero-order chi connectivity index (χ0) is 18.7. The molecule has 1 aliphatic carbocycles. The van der Waals surface area contributed by atoms with E-state index in [2.05, 4.69) is 5.32 Å². The summed E-state index contributed by atoms with van der Waals surface area (Å²) in [5, 5.41) is 3.10. The Hall–Kier alpha value is -1.89. The summed E-state index contributed by atoms with van der Waals surface area (Å²) in [5.74, 6) is -0.362. The first-order valence-corrected chi connectivity index (χ1v) is 11.2. The molecule has 0 aromatic heterocycles. The number of hydrogen-bond donors (Lipinski definition) is 1. The van der Waals surface area contributed by atoms with Gasteiger partial charge in [0, 0.05) is 24.4 Å². The second-order valence-corrected chi connectivity index (χ2v) is 9.32. The van der Waals surface area contributed by atoms with Gasteiger partial charge in [-0.25, -0.2) is 8.42 Å². The normalized spacial score (nSPS) is 21.6. The molecule has 1 aromatic carbocycles. The van der Waals surface area contributed by atoms with Gasteiger partial charge in [-0.2, -0.15) is 0 Å². The Kier molecular flexibility index (Phi) is 5.65. The number of sulfone groups is 1. The molecule has 142 valence electrons. The van der Waals surface area contributed by atoms with Crippen molar-refractivity contribution in [3.63, 3.8) is 0 Å². The predicted molar refractivity (Wildman–Crippen MR) is 98.6 cm³/mol. The molecule has 0 bridgehead atoms. The summed E-state index contributed by atoms with van der Waals surface area (Å²) in [7, 11) is -3.38. The molecule has 0 spiro atoms. The summed E-state index contributed by atoms with van der Waals surface area (Å²) < 4.78 is 23.5. The maximum Gasteiger partial charge on any atom is 0.254 e. The molecule has 1 aliphatic heterocycles. The standard InChI is InChI=1S/C19H26N2O4S/c1-26(24,25)16-10-5-7-14(13-16)19(23)21-12-6-11-17(21)18(22)20-15-8-3-2-4-9-15/h5,7,10,13,15,17H,2-4,6,8-9,11-12H2,1H3,(H,20,22)/t17-/m0/s1. The van der Waals surface area contributed by atoms with Crippen molar-refractivity contribution in [2.24, 2.45) is 0 Å². The topological polar surface area (TPSA) is 83.6 Å². The third kappa shape index (κ3) is 4.26. The molecule has 3 rings (SSSR count). The Labute approximate surface area is 154 Å². The third-order valence-electron chi connectivity index (χ3n) is 5.28. The molecule has 6 nitrogen and oxygen atoms in total. The molecule has 1 saturated heterocycles. The van der Waals surface area contributed by atoms with Gasteiger partial charge in [-0.3, -0.25) is 9.59 Å². The zero-order valence-corrected chi connectivity index (χ0v) is 15.9. The second-order valence-electron chi connectivity index (χ2n) is 7.30. The van der Waals surface area contributed by atoms with Crippen LogP contribution in [0.15, 0.2) is 29.2 Å². The summed E-state index contributed by atoms with van der Waals surface area (Å²) >= 11 is 0. The fraction of sp³-hybridized carbons (Fsp3) is 0.579. The highest BCUT2D eigenvalue weighted by atomic mass is 32.2. The number of nitrogens with one attached hydrogen (secondary N) is 1. The minimum absolute atomic E-state index is 0.0815. The fourth-order valence-electron chi connectivity index (χ4n) is 3.85. The van der Waals surface area contributed by atoms with Gasteiger partial charge in [0.25, 0.3) is 5.91 Å². The molecule has 1 atom stereocenters. The Morgan fingerprint density at radius 1 is 1.08 bits per heavy atom. The molecule has 1 N–H and O–H groups in total. The maximum absolute atomic E-state index is 12.9. The molecule has 0 unspecified atom stereocenters. The maximum atomic E-state index is 12.9. The van der Waals surface area contributed by atoms with Gasteiger partial charge >= 0.3 is 0 Å². The number of likely N-dealkylation sites (tertiary alicyclic amines) is 1. The van der Waals surface area contributed by atoms with Gasteiger partial charge in [-0.15, -0.1) is 0 Å². The van der Waals surface area contributed by atoms with E-state index < -0.39 is 15.9 Å². The molecule has 1 heterocycles. The van der Waals surface area contributed by atoms with E-state index in [1.165, 1.54) is 18.6 Å². The number of carbonyl (C=O) groups is 2. The third-order valence-corrected chi connectivity index (χ3v) is 6.39. The number of benzene rings is 1. The van der Waals surface area contributed by atoms with E-state index in [-0.39, 0.29) is 22.8 Å². The fourth-order valence-corrected chi connectivity index (χ4v) is 4.52. The number of amides is 2. The molecule has 1 aromatic rings. The Morgan fingerprint density at radius 3 is 2.50 bits per heavy atom. The van der Waals surface area contributed by atoms with Gasteiger partial charge in [0.15, 0.2) is 9.84 Å². The van der Waals surface area contributed by atoms with Crippen LogP contribution in [0.4, 0.5) is 0 Å². The summed E-state index contributed by atoms with van der Waals surface area (Å²) in [6.07, 6.45) is 8.04. The lowest BCUT2D eigenvalue weighted by Gasteiger charge is -2.28. The highest BCUT2D eigenvalue weighted by molar-refractivity contribution is 7.90. The van der Waals surface area contributed by atoms with Gasteiger partial charge in [0.05, 0.1) is 4.90 Å². The number of hydrogen-bond acceptors (Lipinski definition) is 4. The largest absolute Gasteiger partial charge is 0.352 e. The predicted octanol–water partition coefficient (Wildman–Crippen LogP) is 2.14. The van der Waals surface area contributed by atoms with Crippen LogP contribution in [0.3, 0.4) is 0 Å². The van der Waals surface area contributed by atoms with Crippen LogP contribution in [0.2, 0.25) is 0 Å². The van der Waals surface area contributed by atoms with Crippen LogP contribution < -0.4 is 5.32 Å². The van der Waals surface area contributed by atoms with Crippen molar-refractivity contribution in [1.29, 1.82) is 0 Å². The van der Waals surface area contributed by atoms with E-state index in [4.69, 9.17) is 0 Å². The number of rotatable bonds is 4. The summed E-state index contributed by atoms with van der Waals surface area (Å²) in [6.45, 7) is 0.519. The minimum atomic E-state index is -3.38. The Balaban J connectivity index is 1.73. The molecule has 2 aliphatic rings. The van der Waals surface area contributed by atoms with E-state index >= 15 is 0 Å². The van der Waals surface area contributed by atoms with Crippen LogP contribution in [-0.4, -0.2) is 50.0 Å². The van der Waals surface area contributed by atoms with E-state index in [9.17, 15) is 18.0 Å². The first-order valence-electron chi connectivity index (χ1n) is 9.28. The van der Waals surface area contributed by atoms with Crippen molar-refractivity contribution in [2.45, 2.75) is 61.9 Å². The van der Waals surface area contributed by atoms with Crippen LogP contribution in [-0.2, 0) is 14.6 Å². The van der Waals surface area contributed by atoms with Gasteiger partial charge in [0.2, 0.25) is 5.91 Å². The Morgan fingerprint density at radius 2 is 1.81 bits per heavy atom. The minimum Gasteiger partial charge on any atom is -0.352 e. The Bertz CT molecular complexity index is 784. The van der Waals surface area contributed by atoms with Gasteiger partial charge < -0.3 is 10.2 Å². The van der Waals surface area contributed by atoms with Crippen molar-refractivity contribution in [3.8, 4) is 0 Å². The van der Waals surface area contributed by atoms with Crippen molar-refractivity contribution >= 4 is 21.7 Å². The average Bonchev–Trinajstić information content (AvgIpc) is 3.11. The van der Waals surface area contributed by atoms with Gasteiger partial charge in [0.1, 0.15) is 6.04 Å². The zero-order valence-electron chi connectivity index (χ0n) is 15.1. The lowest BCUT2D eigenvalue weighted by Crippen LogP contribution is -2.49. The molecule has 2 fully saturated rings. The van der Waals surface area contributed by atoms with Crippen molar-refractivity contribution in [1.82, 2.24) is 10.2 Å². The average molecular weight is 378 g/mol. The molecule has 0 radical (unpaired) electrons. The monoisotopic (exact) mass is 378 g/mol. The molecular formula is C19H26N2O4S. The summed E-state index contributed by atoms with van der Waals surface area (Å²) in [4.78, 5) is 27.3. The van der Waals surface area contributed by atoms with E-state index in [0.29, 0.717) is 18.5 Å². The van der Waals surface area contributed by atoms with Gasteiger partial charge in [-0.1, -0.05) is 25.3 Å². The van der Waals surface area contributed by atoms with E-state index in [0.717, 1.165) is 38.4 Å². The van der Waals surface area contributed by atoms with Crippen LogP contribution in [0.25, 0.3) is 0 Å². The van der Waals surface area contributed by atoms with Crippen LogP contribution in [0.5, 0.6) is 0 Å². The van der Waals surface area contributed by atoms with Crippen LogP contribution in [0, 0.1) is 0 Å². The highest BCUT2D eigenvalue weighted by Gasteiger charge is 2.35. The lowest BCUT2D eigenvalue weighted by atomic mass is 9.95. The molecular weight excluding hydrogens is 352 g/mol. The summed E-state index contributed by atoms with van der Waals surface area (Å²) in [6, 6.07) is 5.78. The van der Waals surface area contributed by atoms with Crippen molar-refractivity contribution in [3.05, 3.63) is 29.8 Å². The first-order chi connectivity index (χ1) is 12.4.